The smallest absolute Gasteiger partial charge is 0.339 e. The van der Waals surface area contributed by atoms with E-state index in [9.17, 15) is 14.4 Å². The van der Waals surface area contributed by atoms with Crippen molar-refractivity contribution in [2.75, 3.05) is 24.6 Å². The van der Waals surface area contributed by atoms with Crippen molar-refractivity contribution in [1.29, 1.82) is 0 Å². The Hall–Kier alpha value is -3.09. The first-order valence-electron chi connectivity index (χ1n) is 7.66. The van der Waals surface area contributed by atoms with E-state index in [0.717, 1.165) is 0 Å². The van der Waals surface area contributed by atoms with Gasteiger partial charge in [-0.05, 0) is 31.2 Å². The van der Waals surface area contributed by atoms with Crippen LogP contribution in [-0.4, -0.2) is 36.3 Å². The molecule has 2 aromatic rings. The number of ether oxygens (including phenoxy) is 1. The van der Waals surface area contributed by atoms with Crippen molar-refractivity contribution in [3.05, 3.63) is 58.5 Å². The Morgan fingerprint density at radius 2 is 2.00 bits per heavy atom. The van der Waals surface area contributed by atoms with Crippen LogP contribution < -0.4 is 15.8 Å². The molecule has 1 fully saturated rings. The number of amides is 2. The van der Waals surface area contributed by atoms with Crippen molar-refractivity contribution in [3.63, 3.8) is 0 Å². The molecule has 0 aliphatic carbocycles. The molecule has 1 aliphatic rings. The van der Waals surface area contributed by atoms with E-state index in [0.29, 0.717) is 30.0 Å². The molecule has 1 aliphatic heterocycles. The molecule has 0 bridgehead atoms. The first-order valence-corrected chi connectivity index (χ1v) is 7.66. The molecule has 1 saturated heterocycles. The third-order valence-electron chi connectivity index (χ3n) is 3.70. The van der Waals surface area contributed by atoms with Crippen LogP contribution in [0.3, 0.4) is 0 Å². The van der Waals surface area contributed by atoms with Gasteiger partial charge < -0.3 is 10.1 Å². The fraction of sp³-hybridized carbons (Fsp3) is 0.235. The number of carbonyl (C=O) groups excluding carboxylic acids is 2. The SMILES string of the molecule is CCOC(=O)c1ccc(=O)n(-c2cccc(N3CCNC3=O)c2)c1. The van der Waals surface area contributed by atoms with Crippen LogP contribution in [0.4, 0.5) is 10.5 Å². The third kappa shape index (κ3) is 3.01. The summed E-state index contributed by atoms with van der Waals surface area (Å²) in [5.41, 5.74) is 1.28. The molecule has 0 radical (unpaired) electrons. The van der Waals surface area contributed by atoms with Crippen LogP contribution in [0.25, 0.3) is 5.69 Å². The summed E-state index contributed by atoms with van der Waals surface area (Å²) in [6, 6.07) is 9.64. The predicted octanol–water partition coefficient (Wildman–Crippen LogP) is 1.54. The lowest BCUT2D eigenvalue weighted by molar-refractivity contribution is 0.0525. The zero-order valence-electron chi connectivity index (χ0n) is 13.2. The molecule has 124 valence electrons. The van der Waals surface area contributed by atoms with Crippen molar-refractivity contribution < 1.29 is 14.3 Å². The maximum Gasteiger partial charge on any atom is 0.339 e. The van der Waals surface area contributed by atoms with Crippen LogP contribution >= 0.6 is 0 Å². The summed E-state index contributed by atoms with van der Waals surface area (Å²) in [5.74, 6) is -0.485. The second-order valence-corrected chi connectivity index (χ2v) is 5.25. The number of anilines is 1. The zero-order valence-corrected chi connectivity index (χ0v) is 13.2. The van der Waals surface area contributed by atoms with E-state index in [2.05, 4.69) is 5.32 Å². The van der Waals surface area contributed by atoms with Crippen LogP contribution in [0.2, 0.25) is 0 Å². The number of esters is 1. The predicted molar refractivity (Wildman–Crippen MR) is 88.7 cm³/mol. The topological polar surface area (TPSA) is 80.6 Å². The van der Waals surface area contributed by atoms with Crippen LogP contribution in [0, 0.1) is 0 Å². The van der Waals surface area contributed by atoms with Crippen molar-refractivity contribution in [3.8, 4) is 5.69 Å². The molecule has 1 N–H and O–H groups in total. The zero-order chi connectivity index (χ0) is 17.1. The van der Waals surface area contributed by atoms with Gasteiger partial charge in [0.05, 0.1) is 17.9 Å². The van der Waals surface area contributed by atoms with Crippen molar-refractivity contribution in [2.45, 2.75) is 6.92 Å². The Morgan fingerprint density at radius 1 is 1.21 bits per heavy atom. The molecule has 24 heavy (non-hydrogen) atoms. The lowest BCUT2D eigenvalue weighted by atomic mass is 10.2. The Balaban J connectivity index is 1.99. The van der Waals surface area contributed by atoms with E-state index in [1.54, 1.807) is 36.1 Å². The average Bonchev–Trinajstić information content (AvgIpc) is 3.01. The first-order chi connectivity index (χ1) is 11.6. The second kappa shape index (κ2) is 6.57. The summed E-state index contributed by atoms with van der Waals surface area (Å²) >= 11 is 0. The minimum atomic E-state index is -0.485. The van der Waals surface area contributed by atoms with Crippen molar-refractivity contribution in [1.82, 2.24) is 9.88 Å². The number of nitrogens with one attached hydrogen (secondary N) is 1. The van der Waals surface area contributed by atoms with Gasteiger partial charge in [0.1, 0.15) is 0 Å². The van der Waals surface area contributed by atoms with Crippen molar-refractivity contribution in [2.24, 2.45) is 0 Å². The summed E-state index contributed by atoms with van der Waals surface area (Å²) in [5, 5.41) is 2.73. The van der Waals surface area contributed by atoms with E-state index < -0.39 is 5.97 Å². The van der Waals surface area contributed by atoms with E-state index in [4.69, 9.17) is 4.74 Å². The fourth-order valence-corrected chi connectivity index (χ4v) is 2.55. The highest BCUT2D eigenvalue weighted by atomic mass is 16.5. The number of carbonyl (C=O) groups is 2. The molecule has 1 aromatic heterocycles. The highest BCUT2D eigenvalue weighted by molar-refractivity contribution is 5.94. The molecule has 2 amide bonds. The number of rotatable bonds is 4. The average molecular weight is 327 g/mol. The quantitative estimate of drug-likeness (QED) is 0.864. The highest BCUT2D eigenvalue weighted by Crippen LogP contribution is 2.20. The highest BCUT2D eigenvalue weighted by Gasteiger charge is 2.21. The molecule has 0 atom stereocenters. The van der Waals surface area contributed by atoms with Gasteiger partial charge in [-0.3, -0.25) is 14.3 Å². The van der Waals surface area contributed by atoms with Crippen LogP contribution in [0.5, 0.6) is 0 Å². The molecule has 1 aromatic carbocycles. The summed E-state index contributed by atoms with van der Waals surface area (Å²) in [6.07, 6.45) is 1.45. The number of benzene rings is 1. The molecule has 7 heteroatoms. The maximum atomic E-state index is 12.2. The lowest BCUT2D eigenvalue weighted by Crippen LogP contribution is -2.28. The molecule has 0 saturated carbocycles. The Labute approximate surface area is 138 Å². The fourth-order valence-electron chi connectivity index (χ4n) is 2.55. The van der Waals surface area contributed by atoms with E-state index in [1.165, 1.54) is 22.9 Å². The van der Waals surface area contributed by atoms with Gasteiger partial charge in [-0.25, -0.2) is 9.59 Å². The molecule has 0 spiro atoms. The van der Waals surface area contributed by atoms with Gasteiger partial charge in [0.25, 0.3) is 5.56 Å². The van der Waals surface area contributed by atoms with Crippen LogP contribution in [0.15, 0.2) is 47.4 Å². The van der Waals surface area contributed by atoms with E-state index >= 15 is 0 Å². The monoisotopic (exact) mass is 327 g/mol. The Kier molecular flexibility index (Phi) is 4.33. The molecule has 7 nitrogen and oxygen atoms in total. The van der Waals surface area contributed by atoms with Crippen LogP contribution in [-0.2, 0) is 4.74 Å². The van der Waals surface area contributed by atoms with Gasteiger partial charge in [-0.1, -0.05) is 6.07 Å². The molecular weight excluding hydrogens is 310 g/mol. The minimum absolute atomic E-state index is 0.167. The van der Waals surface area contributed by atoms with Crippen molar-refractivity contribution >= 4 is 17.7 Å². The minimum Gasteiger partial charge on any atom is -0.462 e. The van der Waals surface area contributed by atoms with Gasteiger partial charge in [0, 0.05) is 31.0 Å². The summed E-state index contributed by atoms with van der Waals surface area (Å²) < 4.78 is 6.33. The number of nitrogens with zero attached hydrogens (tertiary/aromatic N) is 2. The van der Waals surface area contributed by atoms with Gasteiger partial charge >= 0.3 is 12.0 Å². The lowest BCUT2D eigenvalue weighted by Gasteiger charge is -2.16. The normalized spacial score (nSPS) is 13.7. The van der Waals surface area contributed by atoms with Crippen LogP contribution in [0.1, 0.15) is 17.3 Å². The number of pyridine rings is 1. The van der Waals surface area contributed by atoms with E-state index in [-0.39, 0.29) is 18.2 Å². The Morgan fingerprint density at radius 3 is 2.71 bits per heavy atom. The van der Waals surface area contributed by atoms with E-state index in [1.807, 2.05) is 0 Å². The molecular formula is C17H17N3O4. The third-order valence-corrected chi connectivity index (χ3v) is 3.70. The first kappa shape index (κ1) is 15.8. The molecule has 3 rings (SSSR count). The maximum absolute atomic E-state index is 12.2. The van der Waals surface area contributed by atoms with Gasteiger partial charge in [0.15, 0.2) is 0 Å². The molecule has 0 unspecified atom stereocenters. The van der Waals surface area contributed by atoms with Gasteiger partial charge in [0.2, 0.25) is 0 Å². The number of urea groups is 1. The van der Waals surface area contributed by atoms with Gasteiger partial charge in [-0.2, -0.15) is 0 Å². The number of hydrogen-bond donors (Lipinski definition) is 1. The summed E-state index contributed by atoms with van der Waals surface area (Å²) in [6.45, 7) is 3.14. The number of aromatic nitrogens is 1. The second-order valence-electron chi connectivity index (χ2n) is 5.25. The Bertz CT molecular complexity index is 844. The van der Waals surface area contributed by atoms with Gasteiger partial charge in [-0.15, -0.1) is 0 Å². The largest absolute Gasteiger partial charge is 0.462 e. The standard InChI is InChI=1S/C17H17N3O4/c1-2-24-16(22)12-6-7-15(21)20(11-12)14-5-3-4-13(10-14)19-9-8-18-17(19)23/h3-7,10-11H,2,8-9H2,1H3,(H,18,23). The summed E-state index contributed by atoms with van der Waals surface area (Å²) in [4.78, 5) is 37.4. The molecule has 2 heterocycles. The number of hydrogen-bond acceptors (Lipinski definition) is 4. The summed E-state index contributed by atoms with van der Waals surface area (Å²) in [7, 11) is 0.